The van der Waals surface area contributed by atoms with Crippen molar-refractivity contribution < 1.29 is 19.1 Å². The van der Waals surface area contributed by atoms with Gasteiger partial charge in [-0.05, 0) is 139 Å². The van der Waals surface area contributed by atoms with Gasteiger partial charge in [-0.25, -0.2) is 4.79 Å². The van der Waals surface area contributed by atoms with Crippen molar-refractivity contribution in [2.45, 2.75) is 112 Å². The second kappa shape index (κ2) is 13.5. The summed E-state index contributed by atoms with van der Waals surface area (Å²) in [5.41, 5.74) is 5.49. The SMILES string of the molecule is C=C(C)C1CCC2(C(=O)OCc3ccccc3)CCC(C)C3(C)CCC4C(C)(C)C(c5ccc(C(=O)OC)cc5)=CCC4(C)C3CCCC12. The predicted octanol–water partition coefficient (Wildman–Crippen LogP) is 11.3. The number of methoxy groups -OCH3 is 1. The van der Waals surface area contributed by atoms with Gasteiger partial charge >= 0.3 is 11.9 Å². The fourth-order valence-electron chi connectivity index (χ4n) is 12.0. The Morgan fingerprint density at radius 2 is 1.53 bits per heavy atom. The van der Waals surface area contributed by atoms with Crippen LogP contribution in [0.4, 0.5) is 0 Å². The summed E-state index contributed by atoms with van der Waals surface area (Å²) in [5.74, 6) is 2.09. The van der Waals surface area contributed by atoms with Crippen LogP contribution in [-0.2, 0) is 20.9 Å². The van der Waals surface area contributed by atoms with E-state index in [0.29, 0.717) is 41.8 Å². The molecule has 2 aromatic rings. The van der Waals surface area contributed by atoms with Crippen LogP contribution in [-0.4, -0.2) is 19.0 Å². The van der Waals surface area contributed by atoms with Crippen molar-refractivity contribution in [2.24, 2.45) is 51.2 Å². The molecule has 0 saturated heterocycles. The minimum absolute atomic E-state index is 0.00777. The molecule has 8 atom stereocenters. The topological polar surface area (TPSA) is 52.6 Å². The van der Waals surface area contributed by atoms with Gasteiger partial charge in [-0.3, -0.25) is 4.79 Å². The van der Waals surface area contributed by atoms with Gasteiger partial charge < -0.3 is 9.47 Å². The zero-order valence-corrected chi connectivity index (χ0v) is 31.3. The fraction of sp³-hybridized carbons (Fsp3) is 0.600. The maximum absolute atomic E-state index is 14.3. The van der Waals surface area contributed by atoms with E-state index >= 15 is 0 Å². The van der Waals surface area contributed by atoms with E-state index in [2.05, 4.69) is 66.3 Å². The molecule has 6 rings (SSSR count). The molecule has 4 heteroatoms. The summed E-state index contributed by atoms with van der Waals surface area (Å²) in [7, 11) is 1.44. The van der Waals surface area contributed by atoms with Crippen LogP contribution in [0.15, 0.2) is 72.8 Å². The maximum atomic E-state index is 14.3. The third kappa shape index (κ3) is 6.14. The quantitative estimate of drug-likeness (QED) is 0.228. The second-order valence-corrected chi connectivity index (χ2v) is 17.5. The molecule has 3 saturated carbocycles. The standard InChI is InChI=1S/C45H60O4/c1-30(2)35-22-28-45(41(47)49-29-32-13-10-9-11-14-32)27-21-31(3)43(6)26-24-38-42(4,5)36(33-17-19-34(20-18-33)40(46)48-8)23-25-44(38,7)39(43)16-12-15-37(35)45/h9-11,13-14,17-20,23,31,35,37-39H,1,12,15-16,21-22,24-29H2,2-8H3. The first kappa shape index (κ1) is 35.7. The summed E-state index contributed by atoms with van der Waals surface area (Å²) in [4.78, 5) is 26.4. The number of esters is 2. The summed E-state index contributed by atoms with van der Waals surface area (Å²) in [6.07, 6.45) is 13.4. The lowest BCUT2D eigenvalue weighted by Gasteiger charge is -2.64. The van der Waals surface area contributed by atoms with E-state index in [1.54, 1.807) is 0 Å². The number of hydrogen-bond acceptors (Lipinski definition) is 4. The first-order valence-corrected chi connectivity index (χ1v) is 19.0. The Morgan fingerprint density at radius 3 is 2.20 bits per heavy atom. The van der Waals surface area contributed by atoms with Crippen LogP contribution in [0.2, 0.25) is 0 Å². The van der Waals surface area contributed by atoms with E-state index in [9.17, 15) is 9.59 Å². The van der Waals surface area contributed by atoms with Gasteiger partial charge in [-0.1, -0.05) is 102 Å². The molecule has 49 heavy (non-hydrogen) atoms. The lowest BCUT2D eigenvalue weighted by atomic mass is 9.40. The highest BCUT2D eigenvalue weighted by Crippen LogP contribution is 2.69. The van der Waals surface area contributed by atoms with Crippen molar-refractivity contribution in [3.63, 3.8) is 0 Å². The monoisotopic (exact) mass is 664 g/mol. The minimum Gasteiger partial charge on any atom is -0.465 e. The van der Waals surface area contributed by atoms with Crippen molar-refractivity contribution in [3.8, 4) is 0 Å². The molecule has 4 aliphatic carbocycles. The zero-order valence-electron chi connectivity index (χ0n) is 31.3. The van der Waals surface area contributed by atoms with Gasteiger partial charge in [0.05, 0.1) is 18.1 Å². The van der Waals surface area contributed by atoms with Crippen LogP contribution in [0.25, 0.3) is 5.57 Å². The van der Waals surface area contributed by atoms with Crippen molar-refractivity contribution in [1.29, 1.82) is 0 Å². The van der Waals surface area contributed by atoms with E-state index in [-0.39, 0.29) is 28.2 Å². The minimum atomic E-state index is -0.426. The highest BCUT2D eigenvalue weighted by molar-refractivity contribution is 5.90. The molecule has 0 heterocycles. The smallest absolute Gasteiger partial charge is 0.337 e. The lowest BCUT2D eigenvalue weighted by molar-refractivity contribution is -0.163. The lowest BCUT2D eigenvalue weighted by Crippen LogP contribution is -2.56. The van der Waals surface area contributed by atoms with Crippen molar-refractivity contribution >= 4 is 17.5 Å². The van der Waals surface area contributed by atoms with Crippen molar-refractivity contribution in [2.75, 3.05) is 7.11 Å². The van der Waals surface area contributed by atoms with Gasteiger partial charge in [-0.15, -0.1) is 0 Å². The molecule has 3 fully saturated rings. The van der Waals surface area contributed by atoms with E-state index in [4.69, 9.17) is 9.47 Å². The summed E-state index contributed by atoms with van der Waals surface area (Å²) in [6, 6.07) is 18.2. The predicted molar refractivity (Wildman–Crippen MR) is 199 cm³/mol. The summed E-state index contributed by atoms with van der Waals surface area (Å²) in [6.45, 7) is 19.6. The molecular formula is C45H60O4. The zero-order chi connectivity index (χ0) is 35.2. The Balaban J connectivity index is 1.29. The summed E-state index contributed by atoms with van der Waals surface area (Å²) >= 11 is 0. The van der Waals surface area contributed by atoms with Crippen LogP contribution in [0.1, 0.15) is 127 Å². The van der Waals surface area contributed by atoms with Crippen LogP contribution in [0.5, 0.6) is 0 Å². The molecule has 0 amide bonds. The molecule has 4 nitrogen and oxygen atoms in total. The van der Waals surface area contributed by atoms with Gasteiger partial charge in [-0.2, -0.15) is 0 Å². The highest BCUT2D eigenvalue weighted by atomic mass is 16.5. The van der Waals surface area contributed by atoms with Crippen molar-refractivity contribution in [1.82, 2.24) is 0 Å². The molecule has 0 aliphatic heterocycles. The molecule has 2 aromatic carbocycles. The first-order chi connectivity index (χ1) is 23.3. The van der Waals surface area contributed by atoms with Gasteiger partial charge in [0.1, 0.15) is 6.61 Å². The number of rotatable bonds is 6. The Labute approximate surface area is 296 Å². The molecule has 264 valence electrons. The number of carbonyl (C=O) groups is 2. The normalized spacial score (nSPS) is 35.5. The van der Waals surface area contributed by atoms with Crippen LogP contribution in [0, 0.1) is 51.2 Å². The van der Waals surface area contributed by atoms with Gasteiger partial charge in [0.15, 0.2) is 0 Å². The Bertz CT molecular complexity index is 1570. The maximum Gasteiger partial charge on any atom is 0.337 e. The van der Waals surface area contributed by atoms with Crippen LogP contribution >= 0.6 is 0 Å². The van der Waals surface area contributed by atoms with E-state index in [1.807, 2.05) is 42.5 Å². The highest BCUT2D eigenvalue weighted by Gasteiger charge is 2.61. The molecule has 0 spiro atoms. The second-order valence-electron chi connectivity index (χ2n) is 17.5. The molecule has 0 N–H and O–H groups in total. The fourth-order valence-corrected chi connectivity index (χ4v) is 12.0. The first-order valence-electron chi connectivity index (χ1n) is 19.0. The van der Waals surface area contributed by atoms with Crippen molar-refractivity contribution in [3.05, 3.63) is 89.5 Å². The largest absolute Gasteiger partial charge is 0.465 e. The number of benzene rings is 2. The average Bonchev–Trinajstić information content (AvgIpc) is 3.46. The molecule has 0 bridgehead atoms. The van der Waals surface area contributed by atoms with Crippen LogP contribution < -0.4 is 0 Å². The number of allylic oxidation sites excluding steroid dienone is 3. The van der Waals surface area contributed by atoms with E-state index < -0.39 is 5.41 Å². The molecule has 0 aromatic heterocycles. The molecule has 0 radical (unpaired) electrons. The van der Waals surface area contributed by atoms with Gasteiger partial charge in [0.2, 0.25) is 0 Å². The Hall–Kier alpha value is -3.14. The molecule has 8 unspecified atom stereocenters. The van der Waals surface area contributed by atoms with E-state index in [0.717, 1.165) is 50.5 Å². The number of fused-ring (bicyclic) bond motifs is 4. The van der Waals surface area contributed by atoms with Crippen LogP contribution in [0.3, 0.4) is 0 Å². The number of ether oxygens (including phenoxy) is 2. The Kier molecular flexibility index (Phi) is 9.85. The van der Waals surface area contributed by atoms with E-state index in [1.165, 1.54) is 43.1 Å². The van der Waals surface area contributed by atoms with Gasteiger partial charge in [0.25, 0.3) is 0 Å². The number of carbonyl (C=O) groups excluding carboxylic acids is 2. The summed E-state index contributed by atoms with van der Waals surface area (Å²) < 4.78 is 11.2. The third-order valence-corrected chi connectivity index (χ3v) is 14.8. The number of hydrogen-bond donors (Lipinski definition) is 0. The average molecular weight is 665 g/mol. The van der Waals surface area contributed by atoms with Gasteiger partial charge in [0, 0.05) is 0 Å². The third-order valence-electron chi connectivity index (χ3n) is 14.8. The summed E-state index contributed by atoms with van der Waals surface area (Å²) in [5, 5.41) is 0. The Morgan fingerprint density at radius 1 is 0.837 bits per heavy atom. The molecular weight excluding hydrogens is 604 g/mol. The molecule has 4 aliphatic rings.